The first-order valence-electron chi connectivity index (χ1n) is 11.5. The second-order valence-corrected chi connectivity index (χ2v) is 9.45. The molecular weight excluding hydrogens is 450 g/mol. The van der Waals surface area contributed by atoms with Crippen molar-refractivity contribution in [1.29, 1.82) is 5.26 Å². The van der Waals surface area contributed by atoms with Gasteiger partial charge in [-0.25, -0.2) is 0 Å². The maximum Gasteiger partial charge on any atom is 0.159 e. The molecule has 1 aromatic heterocycles. The van der Waals surface area contributed by atoms with Crippen molar-refractivity contribution in [2.75, 3.05) is 30.4 Å². The topological polar surface area (TPSA) is 94.3 Å². The minimum atomic E-state index is -0.124. The molecule has 0 unspecified atom stereocenters. The molecule has 2 fully saturated rings. The third-order valence-electron chi connectivity index (χ3n) is 7.27. The Hall–Kier alpha value is -3.08. The van der Waals surface area contributed by atoms with Crippen molar-refractivity contribution in [1.82, 2.24) is 10.2 Å². The summed E-state index contributed by atoms with van der Waals surface area (Å²) in [5.41, 5.74) is 3.11. The van der Waals surface area contributed by atoms with Crippen LogP contribution in [-0.2, 0) is 6.54 Å². The number of aryl methyl sites for hydroxylation is 1. The van der Waals surface area contributed by atoms with E-state index < -0.39 is 0 Å². The van der Waals surface area contributed by atoms with E-state index in [1.165, 1.54) is 0 Å². The lowest BCUT2D eigenvalue weighted by atomic mass is 9.61. The molecule has 5 rings (SSSR count). The number of aliphatic hydroxyl groups is 1. The number of methoxy groups -OCH3 is 1. The molecule has 178 valence electrons. The molecule has 0 radical (unpaired) electrons. The summed E-state index contributed by atoms with van der Waals surface area (Å²) in [7, 11) is 1.67. The molecule has 2 aliphatic rings. The Kier molecular flexibility index (Phi) is 6.83. The number of fused-ring (bicyclic) bond motifs is 1. The highest BCUT2D eigenvalue weighted by Crippen LogP contribution is 2.49. The summed E-state index contributed by atoms with van der Waals surface area (Å²) in [6.45, 7) is 4.45. The lowest BCUT2D eigenvalue weighted by molar-refractivity contribution is -0.0464. The van der Waals surface area contributed by atoms with Crippen LogP contribution in [0.25, 0.3) is 10.8 Å². The van der Waals surface area contributed by atoms with Crippen LogP contribution in [0.4, 0.5) is 11.6 Å². The van der Waals surface area contributed by atoms with E-state index in [4.69, 9.17) is 4.74 Å². The molecular formula is C26H30ClN5O2. The van der Waals surface area contributed by atoms with E-state index in [0.29, 0.717) is 23.3 Å². The van der Waals surface area contributed by atoms with E-state index >= 15 is 0 Å². The summed E-state index contributed by atoms with van der Waals surface area (Å²) in [5, 5.41) is 33.7. The molecule has 2 N–H and O–H groups in total. The van der Waals surface area contributed by atoms with Gasteiger partial charge in [-0.1, -0.05) is 12.1 Å². The van der Waals surface area contributed by atoms with Crippen LogP contribution in [0.1, 0.15) is 42.4 Å². The molecule has 1 saturated carbocycles. The number of nitrogens with one attached hydrogen (secondary N) is 1. The number of hydrogen-bond donors (Lipinski definition) is 2. The molecule has 3 aromatic rings. The lowest BCUT2D eigenvalue weighted by Crippen LogP contribution is -2.49. The quantitative estimate of drug-likeness (QED) is 0.552. The second kappa shape index (κ2) is 9.65. The number of nitriles is 1. The maximum absolute atomic E-state index is 9.77. The summed E-state index contributed by atoms with van der Waals surface area (Å²) >= 11 is 0. The second-order valence-electron chi connectivity index (χ2n) is 9.45. The Balaban J connectivity index is 0.00000274. The number of rotatable bonds is 5. The van der Waals surface area contributed by atoms with E-state index in [0.717, 1.165) is 72.2 Å². The largest absolute Gasteiger partial charge is 0.496 e. The predicted molar refractivity (Wildman–Crippen MR) is 136 cm³/mol. The highest BCUT2D eigenvalue weighted by Gasteiger charge is 2.45. The number of anilines is 2. The van der Waals surface area contributed by atoms with Crippen LogP contribution in [0.2, 0.25) is 0 Å². The van der Waals surface area contributed by atoms with E-state index in [1.807, 2.05) is 37.3 Å². The van der Waals surface area contributed by atoms with Gasteiger partial charge >= 0.3 is 0 Å². The number of ether oxygens (including phenoxy) is 1. The summed E-state index contributed by atoms with van der Waals surface area (Å²) in [5.74, 6) is 2.41. The number of halogens is 1. The highest BCUT2D eigenvalue weighted by molar-refractivity contribution is 5.99. The Morgan fingerprint density at radius 2 is 1.91 bits per heavy atom. The van der Waals surface area contributed by atoms with E-state index in [-0.39, 0.29) is 18.5 Å². The molecule has 1 aliphatic heterocycles. The molecule has 2 aromatic carbocycles. The number of nitrogens with zero attached hydrogens (tertiary/aromatic N) is 4. The minimum absolute atomic E-state index is 0. The van der Waals surface area contributed by atoms with Crippen LogP contribution in [-0.4, -0.2) is 41.6 Å². The van der Waals surface area contributed by atoms with E-state index in [9.17, 15) is 10.4 Å². The highest BCUT2D eigenvalue weighted by atomic mass is 35.5. The van der Waals surface area contributed by atoms with Crippen LogP contribution >= 0.6 is 12.4 Å². The van der Waals surface area contributed by atoms with E-state index in [1.54, 1.807) is 7.11 Å². The molecule has 1 spiro atoms. The van der Waals surface area contributed by atoms with Crippen molar-refractivity contribution in [2.45, 2.75) is 45.3 Å². The van der Waals surface area contributed by atoms with Crippen LogP contribution in [0, 0.1) is 23.7 Å². The third kappa shape index (κ3) is 4.48. The van der Waals surface area contributed by atoms with Crippen molar-refractivity contribution in [3.05, 3.63) is 53.1 Å². The van der Waals surface area contributed by atoms with Gasteiger partial charge in [0.05, 0.1) is 24.8 Å². The zero-order valence-corrected chi connectivity index (χ0v) is 20.4. The molecule has 0 bridgehead atoms. The summed E-state index contributed by atoms with van der Waals surface area (Å²) in [4.78, 5) is 2.30. The molecule has 7 nitrogen and oxygen atoms in total. The molecule has 34 heavy (non-hydrogen) atoms. The monoisotopic (exact) mass is 479 g/mol. The minimum Gasteiger partial charge on any atom is -0.496 e. The number of hydrogen-bond acceptors (Lipinski definition) is 7. The van der Waals surface area contributed by atoms with Gasteiger partial charge in [0.1, 0.15) is 5.75 Å². The van der Waals surface area contributed by atoms with Crippen molar-refractivity contribution < 1.29 is 9.84 Å². The summed E-state index contributed by atoms with van der Waals surface area (Å²) < 4.78 is 5.36. The van der Waals surface area contributed by atoms with Gasteiger partial charge in [0, 0.05) is 30.4 Å². The molecule has 0 amide bonds. The average molecular weight is 480 g/mol. The molecule has 0 atom stereocenters. The standard InChI is InChI=1S/C26H29N5O2.ClH/c1-17-11-19(4-6-23(17)33-2)16-28-24-22-12-18(15-27)3-5-21(22)25(30-29-24)31-9-7-26(8-10-31)13-20(32)14-26;/h3-6,11-12,20,32H,7-10,13-14,16H2,1-2H3,(H,28,29);1H. The summed E-state index contributed by atoms with van der Waals surface area (Å²) in [6, 6.07) is 14.1. The Morgan fingerprint density at radius 1 is 1.15 bits per heavy atom. The first-order valence-corrected chi connectivity index (χ1v) is 11.5. The fraction of sp³-hybridized carbons (Fsp3) is 0.423. The predicted octanol–water partition coefficient (Wildman–Crippen LogP) is 4.59. The van der Waals surface area contributed by atoms with Gasteiger partial charge in [-0.05, 0) is 73.4 Å². The Bertz CT molecular complexity index is 1230. The Morgan fingerprint density at radius 3 is 2.56 bits per heavy atom. The zero-order chi connectivity index (χ0) is 23.0. The number of aliphatic hydroxyl groups excluding tert-OH is 1. The van der Waals surface area contributed by atoms with Crippen molar-refractivity contribution in [2.24, 2.45) is 5.41 Å². The average Bonchev–Trinajstić information content (AvgIpc) is 2.82. The Labute approximate surface area is 206 Å². The van der Waals surface area contributed by atoms with Crippen molar-refractivity contribution in [3.8, 4) is 11.8 Å². The first kappa shape index (κ1) is 24.1. The van der Waals surface area contributed by atoms with Gasteiger partial charge in [0.15, 0.2) is 11.6 Å². The van der Waals surface area contributed by atoms with Crippen LogP contribution in [0.3, 0.4) is 0 Å². The lowest BCUT2D eigenvalue weighted by Gasteiger charge is -2.50. The van der Waals surface area contributed by atoms with Gasteiger partial charge in [0.25, 0.3) is 0 Å². The maximum atomic E-state index is 9.77. The number of piperidine rings is 1. The van der Waals surface area contributed by atoms with Gasteiger partial charge in [0.2, 0.25) is 0 Å². The third-order valence-corrected chi connectivity index (χ3v) is 7.27. The van der Waals surface area contributed by atoms with Crippen LogP contribution in [0.5, 0.6) is 5.75 Å². The van der Waals surface area contributed by atoms with Gasteiger partial charge < -0.3 is 20.1 Å². The zero-order valence-electron chi connectivity index (χ0n) is 19.5. The van der Waals surface area contributed by atoms with Gasteiger partial charge in [-0.2, -0.15) is 5.26 Å². The fourth-order valence-electron chi connectivity index (χ4n) is 5.35. The smallest absolute Gasteiger partial charge is 0.159 e. The molecule has 2 heterocycles. The van der Waals surface area contributed by atoms with Crippen LogP contribution < -0.4 is 15.0 Å². The van der Waals surface area contributed by atoms with Crippen LogP contribution in [0.15, 0.2) is 36.4 Å². The van der Waals surface area contributed by atoms with E-state index in [2.05, 4.69) is 32.5 Å². The SMILES string of the molecule is COc1ccc(CNc2nnc(N3CCC4(CC3)CC(O)C4)c3ccc(C#N)cc23)cc1C.Cl. The fourth-order valence-corrected chi connectivity index (χ4v) is 5.35. The molecule has 8 heteroatoms. The molecule has 1 aliphatic carbocycles. The number of aromatic nitrogens is 2. The molecule has 1 saturated heterocycles. The van der Waals surface area contributed by atoms with Crippen molar-refractivity contribution >= 4 is 34.8 Å². The van der Waals surface area contributed by atoms with Gasteiger partial charge in [-0.15, -0.1) is 22.6 Å². The normalized spacial score (nSPS) is 17.1. The van der Waals surface area contributed by atoms with Crippen molar-refractivity contribution in [3.63, 3.8) is 0 Å². The first-order chi connectivity index (χ1) is 16.0. The van der Waals surface area contributed by atoms with Gasteiger partial charge in [-0.3, -0.25) is 0 Å². The summed E-state index contributed by atoms with van der Waals surface area (Å²) in [6.07, 6.45) is 3.86. The number of benzene rings is 2.